The average molecular weight is 499 g/mol. The minimum Gasteiger partial charge on any atom is -0.299 e. The quantitative estimate of drug-likeness (QED) is 0.196. The van der Waals surface area contributed by atoms with Gasteiger partial charge in [0.2, 0.25) is 0 Å². The van der Waals surface area contributed by atoms with E-state index in [1.54, 1.807) is 12.1 Å². The van der Waals surface area contributed by atoms with Gasteiger partial charge in [-0.05, 0) is 54.8 Å². The molecule has 1 saturated carbocycles. The van der Waals surface area contributed by atoms with Crippen molar-refractivity contribution in [1.29, 1.82) is 0 Å². The molecular formula is C23H23ClN6O3S. The van der Waals surface area contributed by atoms with E-state index in [1.807, 2.05) is 24.3 Å². The molecule has 2 aromatic carbocycles. The normalized spacial score (nSPS) is 14.4. The number of benzene rings is 2. The van der Waals surface area contributed by atoms with E-state index in [0.717, 1.165) is 37.1 Å². The number of amides is 1. The Hall–Kier alpha value is -3.24. The van der Waals surface area contributed by atoms with Crippen molar-refractivity contribution in [3.8, 4) is 11.4 Å². The largest absolute Gasteiger partial charge is 0.299 e. The van der Waals surface area contributed by atoms with Crippen LogP contribution in [0.15, 0.2) is 58.8 Å². The molecule has 0 aliphatic heterocycles. The molecule has 1 amide bonds. The van der Waals surface area contributed by atoms with Gasteiger partial charge in [0.1, 0.15) is 0 Å². The number of hydrogen-bond acceptors (Lipinski definition) is 7. The first-order valence-corrected chi connectivity index (χ1v) is 12.3. The Labute approximate surface area is 205 Å². The van der Waals surface area contributed by atoms with E-state index in [1.165, 1.54) is 36.5 Å². The van der Waals surface area contributed by atoms with E-state index in [-0.39, 0.29) is 17.3 Å². The summed E-state index contributed by atoms with van der Waals surface area (Å²) in [5.41, 5.74) is 4.06. The van der Waals surface area contributed by atoms with Gasteiger partial charge in [-0.1, -0.05) is 42.6 Å². The molecule has 34 heavy (non-hydrogen) atoms. The number of hydrazone groups is 1. The summed E-state index contributed by atoms with van der Waals surface area (Å²) in [4.78, 5) is 22.6. The van der Waals surface area contributed by atoms with Gasteiger partial charge in [-0.3, -0.25) is 19.5 Å². The van der Waals surface area contributed by atoms with Gasteiger partial charge in [-0.25, -0.2) is 5.43 Å². The fraction of sp³-hybridized carbons (Fsp3) is 0.304. The molecule has 1 aliphatic carbocycles. The molecule has 0 saturated heterocycles. The number of non-ortho nitro benzene ring substituents is 1. The second kappa shape index (κ2) is 11.3. The predicted octanol–water partition coefficient (Wildman–Crippen LogP) is 5.25. The van der Waals surface area contributed by atoms with Crippen LogP contribution in [0, 0.1) is 10.1 Å². The highest BCUT2D eigenvalue weighted by atomic mass is 35.5. The fourth-order valence-corrected chi connectivity index (χ4v) is 4.79. The van der Waals surface area contributed by atoms with Gasteiger partial charge < -0.3 is 0 Å². The number of nitrogens with zero attached hydrogens (tertiary/aromatic N) is 5. The summed E-state index contributed by atoms with van der Waals surface area (Å²) in [7, 11) is 0. The number of carbonyl (C=O) groups excluding carboxylic acids is 1. The van der Waals surface area contributed by atoms with Crippen molar-refractivity contribution in [2.24, 2.45) is 5.10 Å². The van der Waals surface area contributed by atoms with Gasteiger partial charge in [0.05, 0.1) is 16.9 Å². The number of hydrogen-bond donors (Lipinski definition) is 1. The van der Waals surface area contributed by atoms with Gasteiger partial charge in [0, 0.05) is 28.8 Å². The molecule has 176 valence electrons. The lowest BCUT2D eigenvalue weighted by atomic mass is 9.95. The summed E-state index contributed by atoms with van der Waals surface area (Å²) in [6.45, 7) is 0. The van der Waals surface area contributed by atoms with Gasteiger partial charge in [0.15, 0.2) is 11.0 Å². The maximum atomic E-state index is 12.3. The minimum absolute atomic E-state index is 0.00219. The summed E-state index contributed by atoms with van der Waals surface area (Å²) in [6, 6.07) is 13.7. The third-order valence-electron chi connectivity index (χ3n) is 5.55. The molecule has 9 nitrogen and oxygen atoms in total. The van der Waals surface area contributed by atoms with Gasteiger partial charge in [0.25, 0.3) is 11.6 Å². The number of halogens is 1. The number of nitro groups is 1. The first kappa shape index (κ1) is 23.9. The molecule has 1 aliphatic rings. The zero-order chi connectivity index (χ0) is 23.9. The lowest BCUT2D eigenvalue weighted by molar-refractivity contribution is -0.384. The van der Waals surface area contributed by atoms with E-state index in [4.69, 9.17) is 11.6 Å². The summed E-state index contributed by atoms with van der Waals surface area (Å²) in [5, 5.41) is 24.8. The first-order chi connectivity index (χ1) is 16.5. The van der Waals surface area contributed by atoms with Crippen LogP contribution in [0.1, 0.15) is 43.7 Å². The molecule has 0 spiro atoms. The van der Waals surface area contributed by atoms with Crippen molar-refractivity contribution in [3.05, 3.63) is 69.2 Å². The Balaban J connectivity index is 1.42. The van der Waals surface area contributed by atoms with Gasteiger partial charge in [-0.15, -0.1) is 10.2 Å². The molecule has 0 bridgehead atoms. The molecule has 0 atom stereocenters. The van der Waals surface area contributed by atoms with E-state index in [9.17, 15) is 14.9 Å². The van der Waals surface area contributed by atoms with Crippen molar-refractivity contribution in [2.75, 3.05) is 5.75 Å². The van der Waals surface area contributed by atoms with E-state index in [0.29, 0.717) is 21.8 Å². The zero-order valence-electron chi connectivity index (χ0n) is 18.3. The number of carbonyl (C=O) groups is 1. The van der Waals surface area contributed by atoms with Crippen molar-refractivity contribution in [2.45, 2.75) is 43.3 Å². The molecule has 3 aromatic rings. The van der Waals surface area contributed by atoms with Crippen LogP contribution in [-0.2, 0) is 4.79 Å². The molecule has 1 fully saturated rings. The summed E-state index contributed by atoms with van der Waals surface area (Å²) < 4.78 is 2.15. The number of nitro benzene ring substituents is 1. The molecule has 0 unspecified atom stereocenters. The van der Waals surface area contributed by atoms with Crippen LogP contribution in [0.3, 0.4) is 0 Å². The first-order valence-electron chi connectivity index (χ1n) is 10.9. The van der Waals surface area contributed by atoms with Crippen molar-refractivity contribution < 1.29 is 9.72 Å². The topological polar surface area (TPSA) is 115 Å². The second-order valence-corrected chi connectivity index (χ2v) is 9.28. The Morgan fingerprint density at radius 3 is 2.53 bits per heavy atom. The van der Waals surface area contributed by atoms with Crippen LogP contribution in [0.5, 0.6) is 0 Å². The van der Waals surface area contributed by atoms with Crippen molar-refractivity contribution in [1.82, 2.24) is 20.2 Å². The van der Waals surface area contributed by atoms with E-state index >= 15 is 0 Å². The number of rotatable bonds is 8. The average Bonchev–Trinajstić information content (AvgIpc) is 3.28. The maximum Gasteiger partial charge on any atom is 0.269 e. The smallest absolute Gasteiger partial charge is 0.269 e. The summed E-state index contributed by atoms with van der Waals surface area (Å²) in [5.74, 6) is 0.625. The predicted molar refractivity (Wildman–Crippen MR) is 132 cm³/mol. The third kappa shape index (κ3) is 6.00. The van der Waals surface area contributed by atoms with Crippen LogP contribution in [0.25, 0.3) is 11.4 Å². The Bertz CT molecular complexity index is 1170. The maximum absolute atomic E-state index is 12.3. The number of thioether (sulfide) groups is 1. The van der Waals surface area contributed by atoms with E-state index in [2.05, 4.69) is 25.3 Å². The fourth-order valence-electron chi connectivity index (χ4n) is 3.86. The molecule has 1 heterocycles. The third-order valence-corrected chi connectivity index (χ3v) is 6.74. The lowest BCUT2D eigenvalue weighted by Crippen LogP contribution is -2.20. The Morgan fingerprint density at radius 1 is 1.15 bits per heavy atom. The van der Waals surface area contributed by atoms with Crippen LogP contribution in [0.4, 0.5) is 5.69 Å². The highest BCUT2D eigenvalue weighted by Crippen LogP contribution is 2.35. The monoisotopic (exact) mass is 498 g/mol. The standard InChI is InChI=1S/C23H23ClN6O3S/c24-18-10-8-17(9-11-18)22-27-28-23(29(22)19-4-2-1-3-5-19)34-15-21(31)26-25-14-16-6-12-20(13-7-16)30(32)33/h6-14,19H,1-5,15H2,(H,26,31)/b25-14-. The van der Waals surface area contributed by atoms with Crippen LogP contribution < -0.4 is 5.43 Å². The highest BCUT2D eigenvalue weighted by molar-refractivity contribution is 7.99. The Kier molecular flexibility index (Phi) is 7.91. The number of nitrogens with one attached hydrogen (secondary N) is 1. The summed E-state index contributed by atoms with van der Waals surface area (Å²) in [6.07, 6.45) is 7.09. The lowest BCUT2D eigenvalue weighted by Gasteiger charge is -2.25. The molecular weight excluding hydrogens is 476 g/mol. The highest BCUT2D eigenvalue weighted by Gasteiger charge is 2.24. The van der Waals surface area contributed by atoms with Gasteiger partial charge in [-0.2, -0.15) is 5.10 Å². The van der Waals surface area contributed by atoms with Crippen molar-refractivity contribution >= 4 is 41.2 Å². The van der Waals surface area contributed by atoms with Crippen LogP contribution >= 0.6 is 23.4 Å². The minimum atomic E-state index is -0.468. The van der Waals surface area contributed by atoms with Gasteiger partial charge >= 0.3 is 0 Å². The molecule has 1 N–H and O–H groups in total. The molecule has 11 heteroatoms. The van der Waals surface area contributed by atoms with Crippen LogP contribution in [0.2, 0.25) is 5.02 Å². The SMILES string of the molecule is O=C(CSc1nnc(-c2ccc(Cl)cc2)n1C1CCCCC1)N/N=C\c1ccc([N+](=O)[O-])cc1. The van der Waals surface area contributed by atoms with Crippen molar-refractivity contribution in [3.63, 3.8) is 0 Å². The zero-order valence-corrected chi connectivity index (χ0v) is 19.8. The van der Waals surface area contributed by atoms with E-state index < -0.39 is 4.92 Å². The number of aromatic nitrogens is 3. The molecule has 1 aromatic heterocycles. The summed E-state index contributed by atoms with van der Waals surface area (Å²) >= 11 is 7.37. The Morgan fingerprint density at radius 2 is 1.85 bits per heavy atom. The van der Waals surface area contributed by atoms with Crippen LogP contribution in [-0.4, -0.2) is 37.6 Å². The molecule has 4 rings (SSSR count). The second-order valence-electron chi connectivity index (χ2n) is 7.91. The molecule has 0 radical (unpaired) electrons.